The monoisotopic (exact) mass is 380 g/mol. The minimum Gasteiger partial charge on any atom is -0.384 e. The van der Waals surface area contributed by atoms with Crippen LogP contribution >= 0.6 is 27.5 Å². The summed E-state index contributed by atoms with van der Waals surface area (Å²) in [5.74, 6) is 0. The molecule has 0 saturated carbocycles. The number of anilines is 1. The van der Waals surface area contributed by atoms with E-state index in [-0.39, 0.29) is 0 Å². The van der Waals surface area contributed by atoms with Gasteiger partial charge in [-0.2, -0.15) is 0 Å². The Balaban J connectivity index is 1.91. The predicted molar refractivity (Wildman–Crippen MR) is 99.5 cm³/mol. The molecule has 4 heteroatoms. The van der Waals surface area contributed by atoms with Gasteiger partial charge in [-0.1, -0.05) is 34.0 Å². The van der Waals surface area contributed by atoms with Gasteiger partial charge in [0, 0.05) is 33.7 Å². The molecule has 0 amide bonds. The maximum atomic E-state index is 6.15. The molecule has 0 unspecified atom stereocenters. The van der Waals surface area contributed by atoms with Crippen LogP contribution in [0.25, 0.3) is 10.9 Å². The fourth-order valence-corrected chi connectivity index (χ4v) is 3.77. The number of hydrogen-bond donors (Lipinski definition) is 1. The van der Waals surface area contributed by atoms with Crippen LogP contribution in [0.1, 0.15) is 43.4 Å². The van der Waals surface area contributed by atoms with Gasteiger partial charge in [0.15, 0.2) is 0 Å². The van der Waals surface area contributed by atoms with Gasteiger partial charge in [-0.3, -0.25) is 4.98 Å². The number of nitrogens with zero attached hydrogens (tertiary/aromatic N) is 1. The number of nitrogens with one attached hydrogen (secondary N) is 1. The number of fused-ring (bicyclic) bond motifs is 2. The highest BCUT2D eigenvalue weighted by atomic mass is 79.9. The molecule has 2 aromatic rings. The van der Waals surface area contributed by atoms with Crippen molar-refractivity contribution < 1.29 is 0 Å². The molecule has 0 spiro atoms. The summed E-state index contributed by atoms with van der Waals surface area (Å²) < 4.78 is 0. The average molecular weight is 382 g/mol. The van der Waals surface area contributed by atoms with Crippen LogP contribution in [0.5, 0.6) is 0 Å². The van der Waals surface area contributed by atoms with E-state index in [1.165, 1.54) is 54.4 Å². The van der Waals surface area contributed by atoms with Gasteiger partial charge in [0.2, 0.25) is 0 Å². The SMILES string of the molecule is Clc1ccc2c(NCCCCCBr)c3c(nc2c1)CCCC3. The smallest absolute Gasteiger partial charge is 0.0741 e. The summed E-state index contributed by atoms with van der Waals surface area (Å²) in [7, 11) is 0. The van der Waals surface area contributed by atoms with Crippen LogP contribution in [-0.4, -0.2) is 16.9 Å². The largest absolute Gasteiger partial charge is 0.384 e. The van der Waals surface area contributed by atoms with Gasteiger partial charge in [0.05, 0.1) is 5.52 Å². The Kier molecular flexibility index (Phi) is 5.59. The zero-order chi connectivity index (χ0) is 15.4. The number of alkyl halides is 1. The third-order valence-corrected chi connectivity index (χ3v) is 5.13. The number of aryl methyl sites for hydroxylation is 1. The van der Waals surface area contributed by atoms with Crippen molar-refractivity contribution in [2.24, 2.45) is 0 Å². The van der Waals surface area contributed by atoms with Crippen LogP contribution in [0.15, 0.2) is 18.2 Å². The number of unbranched alkanes of at least 4 members (excludes halogenated alkanes) is 2. The van der Waals surface area contributed by atoms with Gasteiger partial charge in [-0.05, 0) is 62.3 Å². The van der Waals surface area contributed by atoms with E-state index in [0.717, 1.165) is 35.3 Å². The van der Waals surface area contributed by atoms with Gasteiger partial charge in [-0.25, -0.2) is 0 Å². The van der Waals surface area contributed by atoms with Crippen molar-refractivity contribution >= 4 is 44.1 Å². The van der Waals surface area contributed by atoms with Crippen LogP contribution in [0.2, 0.25) is 5.02 Å². The fraction of sp³-hybridized carbons (Fsp3) is 0.500. The molecule has 0 atom stereocenters. The first kappa shape index (κ1) is 16.1. The second-order valence-corrected chi connectivity index (χ2v) is 7.19. The standard InChI is InChI=1S/C18H22BrClN2/c19-10-4-1-5-11-21-18-14-6-2-3-7-16(14)22-17-12-13(20)8-9-15(17)18/h8-9,12H,1-7,10-11H2,(H,21,22). The van der Waals surface area contributed by atoms with E-state index in [0.29, 0.717) is 0 Å². The summed E-state index contributed by atoms with van der Waals surface area (Å²) in [4.78, 5) is 4.86. The fourth-order valence-electron chi connectivity index (χ4n) is 3.21. The van der Waals surface area contributed by atoms with Crippen LogP contribution in [-0.2, 0) is 12.8 Å². The molecular weight excluding hydrogens is 360 g/mol. The Morgan fingerprint density at radius 3 is 2.86 bits per heavy atom. The molecule has 0 aliphatic heterocycles. The van der Waals surface area contributed by atoms with E-state index in [9.17, 15) is 0 Å². The topological polar surface area (TPSA) is 24.9 Å². The predicted octanol–water partition coefficient (Wildman–Crippen LogP) is 5.74. The second-order valence-electron chi connectivity index (χ2n) is 5.96. The maximum Gasteiger partial charge on any atom is 0.0741 e. The lowest BCUT2D eigenvalue weighted by atomic mass is 9.92. The minimum atomic E-state index is 0.763. The number of benzene rings is 1. The molecule has 1 aliphatic carbocycles. The maximum absolute atomic E-state index is 6.15. The number of rotatable bonds is 6. The van der Waals surface area contributed by atoms with Gasteiger partial charge < -0.3 is 5.32 Å². The molecule has 0 radical (unpaired) electrons. The number of halogens is 2. The zero-order valence-corrected chi connectivity index (χ0v) is 15.1. The molecule has 0 bridgehead atoms. The Labute approximate surface area is 145 Å². The first-order valence-electron chi connectivity index (χ1n) is 8.20. The molecule has 0 saturated heterocycles. The molecule has 1 aliphatic rings. The molecule has 118 valence electrons. The Hall–Kier alpha value is -0.800. The van der Waals surface area contributed by atoms with E-state index in [1.54, 1.807) is 0 Å². The van der Waals surface area contributed by atoms with Crippen molar-refractivity contribution in [2.45, 2.75) is 44.9 Å². The summed E-state index contributed by atoms with van der Waals surface area (Å²) in [6.45, 7) is 1.03. The number of hydrogen-bond acceptors (Lipinski definition) is 2. The summed E-state index contributed by atoms with van der Waals surface area (Å²) in [5.41, 5.74) is 5.02. The summed E-state index contributed by atoms with van der Waals surface area (Å²) in [5, 5.41) is 6.77. The van der Waals surface area contributed by atoms with Gasteiger partial charge in [0.25, 0.3) is 0 Å². The van der Waals surface area contributed by atoms with Crippen molar-refractivity contribution in [2.75, 3.05) is 17.2 Å². The van der Waals surface area contributed by atoms with Gasteiger partial charge >= 0.3 is 0 Å². The van der Waals surface area contributed by atoms with Crippen molar-refractivity contribution in [3.8, 4) is 0 Å². The molecular formula is C18H22BrClN2. The van der Waals surface area contributed by atoms with Gasteiger partial charge in [0.1, 0.15) is 0 Å². The van der Waals surface area contributed by atoms with Crippen molar-refractivity contribution in [3.63, 3.8) is 0 Å². The first-order chi connectivity index (χ1) is 10.8. The third kappa shape index (κ3) is 3.57. The first-order valence-corrected chi connectivity index (χ1v) is 9.70. The van der Waals surface area contributed by atoms with Crippen molar-refractivity contribution in [1.82, 2.24) is 4.98 Å². The highest BCUT2D eigenvalue weighted by Crippen LogP contribution is 2.34. The molecule has 3 rings (SSSR count). The quantitative estimate of drug-likeness (QED) is 0.509. The Morgan fingerprint density at radius 2 is 2.00 bits per heavy atom. The minimum absolute atomic E-state index is 0.763. The van der Waals surface area contributed by atoms with Gasteiger partial charge in [-0.15, -0.1) is 0 Å². The van der Waals surface area contributed by atoms with E-state index in [1.807, 2.05) is 12.1 Å². The average Bonchev–Trinajstić information content (AvgIpc) is 2.53. The molecule has 1 heterocycles. The molecule has 22 heavy (non-hydrogen) atoms. The summed E-state index contributed by atoms with van der Waals surface area (Å²) in [6.07, 6.45) is 8.46. The lowest BCUT2D eigenvalue weighted by molar-refractivity contribution is 0.671. The second kappa shape index (κ2) is 7.65. The molecule has 1 aromatic heterocycles. The molecule has 2 nitrogen and oxygen atoms in total. The van der Waals surface area contributed by atoms with Crippen LogP contribution < -0.4 is 5.32 Å². The van der Waals surface area contributed by atoms with E-state index in [4.69, 9.17) is 16.6 Å². The molecule has 1 aromatic carbocycles. The number of pyridine rings is 1. The summed E-state index contributed by atoms with van der Waals surface area (Å²) >= 11 is 9.64. The number of aromatic nitrogens is 1. The highest BCUT2D eigenvalue weighted by molar-refractivity contribution is 9.09. The Morgan fingerprint density at radius 1 is 1.14 bits per heavy atom. The van der Waals surface area contributed by atoms with Crippen LogP contribution in [0.4, 0.5) is 5.69 Å². The van der Waals surface area contributed by atoms with Crippen LogP contribution in [0, 0.1) is 0 Å². The van der Waals surface area contributed by atoms with Crippen molar-refractivity contribution in [1.29, 1.82) is 0 Å². The van der Waals surface area contributed by atoms with E-state index in [2.05, 4.69) is 27.3 Å². The Bertz CT molecular complexity index is 657. The molecule has 1 N–H and O–H groups in total. The highest BCUT2D eigenvalue weighted by Gasteiger charge is 2.18. The normalized spacial score (nSPS) is 14.1. The zero-order valence-electron chi connectivity index (χ0n) is 12.8. The summed E-state index contributed by atoms with van der Waals surface area (Å²) in [6, 6.07) is 6.07. The van der Waals surface area contributed by atoms with E-state index >= 15 is 0 Å². The van der Waals surface area contributed by atoms with E-state index < -0.39 is 0 Å². The van der Waals surface area contributed by atoms with Crippen LogP contribution in [0.3, 0.4) is 0 Å². The molecule has 0 fully saturated rings. The lowest BCUT2D eigenvalue weighted by Crippen LogP contribution is -2.12. The third-order valence-electron chi connectivity index (χ3n) is 4.34. The lowest BCUT2D eigenvalue weighted by Gasteiger charge is -2.21. The van der Waals surface area contributed by atoms with Crippen molar-refractivity contribution in [3.05, 3.63) is 34.5 Å².